The summed E-state index contributed by atoms with van der Waals surface area (Å²) in [4.78, 5) is 12.5. The fourth-order valence-electron chi connectivity index (χ4n) is 4.02. The van der Waals surface area contributed by atoms with E-state index in [4.69, 9.17) is 0 Å². The third-order valence-electron chi connectivity index (χ3n) is 5.23. The lowest BCUT2D eigenvalue weighted by Gasteiger charge is -2.21. The summed E-state index contributed by atoms with van der Waals surface area (Å²) in [5.74, 6) is 2.03. The molecule has 0 saturated heterocycles. The third-order valence-corrected chi connectivity index (χ3v) is 7.04. The summed E-state index contributed by atoms with van der Waals surface area (Å²) in [6.07, 6.45) is 5.60. The quantitative estimate of drug-likeness (QED) is 0.899. The van der Waals surface area contributed by atoms with E-state index in [-0.39, 0.29) is 10.8 Å². The normalized spacial score (nSPS) is 26.7. The first-order valence-corrected chi connectivity index (χ1v) is 9.62. The molecular formula is C17H24N2O3S. The Morgan fingerprint density at radius 3 is 2.65 bits per heavy atom. The minimum atomic E-state index is -3.48. The lowest BCUT2D eigenvalue weighted by Crippen LogP contribution is -2.23. The van der Waals surface area contributed by atoms with Crippen LogP contribution in [0.25, 0.3) is 0 Å². The van der Waals surface area contributed by atoms with Gasteiger partial charge in [-0.05, 0) is 55.2 Å². The van der Waals surface area contributed by atoms with E-state index >= 15 is 0 Å². The van der Waals surface area contributed by atoms with E-state index in [1.54, 1.807) is 18.2 Å². The SMILES string of the molecule is CN(C)S(=O)(=O)c1cccc(NC(=O)C[C@H]2C[C@H]3CC[C@@H]2C3)c1. The first kappa shape index (κ1) is 16.5. The van der Waals surface area contributed by atoms with Crippen LogP contribution in [0, 0.1) is 17.8 Å². The van der Waals surface area contributed by atoms with Gasteiger partial charge in [-0.2, -0.15) is 0 Å². The van der Waals surface area contributed by atoms with E-state index in [1.165, 1.54) is 50.2 Å². The van der Waals surface area contributed by atoms with Gasteiger partial charge in [-0.3, -0.25) is 4.79 Å². The molecule has 1 aromatic carbocycles. The zero-order valence-corrected chi connectivity index (χ0v) is 14.5. The maximum atomic E-state index is 12.3. The molecule has 5 nitrogen and oxygen atoms in total. The van der Waals surface area contributed by atoms with Gasteiger partial charge in [-0.15, -0.1) is 0 Å². The molecule has 1 aromatic rings. The van der Waals surface area contributed by atoms with Gasteiger partial charge in [-0.25, -0.2) is 12.7 Å². The molecule has 0 radical (unpaired) electrons. The van der Waals surface area contributed by atoms with Crippen molar-refractivity contribution in [3.63, 3.8) is 0 Å². The number of hydrogen-bond donors (Lipinski definition) is 1. The van der Waals surface area contributed by atoms with E-state index in [9.17, 15) is 13.2 Å². The number of anilines is 1. The molecule has 2 fully saturated rings. The van der Waals surface area contributed by atoms with Crippen LogP contribution in [-0.2, 0) is 14.8 Å². The fourth-order valence-corrected chi connectivity index (χ4v) is 4.97. The Morgan fingerprint density at radius 2 is 2.04 bits per heavy atom. The molecule has 2 aliphatic rings. The molecule has 1 amide bonds. The first-order valence-electron chi connectivity index (χ1n) is 8.18. The van der Waals surface area contributed by atoms with E-state index in [1.807, 2.05) is 0 Å². The largest absolute Gasteiger partial charge is 0.326 e. The van der Waals surface area contributed by atoms with Gasteiger partial charge in [0.1, 0.15) is 0 Å². The molecule has 0 heterocycles. The second-order valence-electron chi connectivity index (χ2n) is 7.00. The molecule has 3 atom stereocenters. The molecule has 0 aromatic heterocycles. The summed E-state index contributed by atoms with van der Waals surface area (Å²) in [5.41, 5.74) is 0.543. The zero-order valence-electron chi connectivity index (χ0n) is 13.7. The van der Waals surface area contributed by atoms with E-state index in [0.29, 0.717) is 23.9 Å². The highest BCUT2D eigenvalue weighted by molar-refractivity contribution is 7.89. The zero-order chi connectivity index (χ0) is 16.6. The molecular weight excluding hydrogens is 312 g/mol. The Kier molecular flexibility index (Phi) is 4.47. The predicted molar refractivity (Wildman–Crippen MR) is 89.5 cm³/mol. The van der Waals surface area contributed by atoms with Crippen LogP contribution in [0.5, 0.6) is 0 Å². The number of amides is 1. The van der Waals surface area contributed by atoms with E-state index in [2.05, 4.69) is 5.32 Å². The standard InChI is InChI=1S/C17H24N2O3S/c1-19(2)23(21,22)16-5-3-4-15(11-16)18-17(20)10-14-9-12-6-7-13(14)8-12/h3-5,11-14H,6-10H2,1-2H3,(H,18,20)/t12-,13+,14+/m0/s1. The Hall–Kier alpha value is -1.40. The number of carbonyl (C=O) groups excluding carboxylic acids is 1. The fraction of sp³-hybridized carbons (Fsp3) is 0.588. The molecule has 6 heteroatoms. The van der Waals surface area contributed by atoms with Crippen molar-refractivity contribution in [2.75, 3.05) is 19.4 Å². The van der Waals surface area contributed by atoms with Crippen LogP contribution < -0.4 is 5.32 Å². The summed E-state index contributed by atoms with van der Waals surface area (Å²) in [6.45, 7) is 0. The van der Waals surface area contributed by atoms with Gasteiger partial charge >= 0.3 is 0 Å². The van der Waals surface area contributed by atoms with Crippen molar-refractivity contribution in [1.29, 1.82) is 0 Å². The third kappa shape index (κ3) is 3.43. The lowest BCUT2D eigenvalue weighted by molar-refractivity contribution is -0.117. The Morgan fingerprint density at radius 1 is 1.26 bits per heavy atom. The maximum absolute atomic E-state index is 12.3. The van der Waals surface area contributed by atoms with Gasteiger partial charge in [-0.1, -0.05) is 12.5 Å². The topological polar surface area (TPSA) is 66.5 Å². The average Bonchev–Trinajstić information content (AvgIpc) is 3.09. The van der Waals surface area contributed by atoms with Gasteiger partial charge in [0.05, 0.1) is 4.90 Å². The summed E-state index contributed by atoms with van der Waals surface area (Å²) in [5, 5.41) is 2.86. The molecule has 0 unspecified atom stereocenters. The smallest absolute Gasteiger partial charge is 0.242 e. The second kappa shape index (κ2) is 6.24. The van der Waals surface area contributed by atoms with Crippen molar-refractivity contribution in [1.82, 2.24) is 4.31 Å². The van der Waals surface area contributed by atoms with Gasteiger partial charge < -0.3 is 5.32 Å². The van der Waals surface area contributed by atoms with Gasteiger partial charge in [0.25, 0.3) is 0 Å². The molecule has 3 rings (SSSR count). The molecule has 0 aliphatic heterocycles. The van der Waals surface area contributed by atoms with Crippen LogP contribution in [0.3, 0.4) is 0 Å². The molecule has 2 saturated carbocycles. The first-order chi connectivity index (χ1) is 10.9. The summed E-state index contributed by atoms with van der Waals surface area (Å²) >= 11 is 0. The highest BCUT2D eigenvalue weighted by atomic mass is 32.2. The number of sulfonamides is 1. The highest BCUT2D eigenvalue weighted by Crippen LogP contribution is 2.49. The average molecular weight is 336 g/mol. The maximum Gasteiger partial charge on any atom is 0.242 e. The van der Waals surface area contributed by atoms with Crippen LogP contribution in [0.15, 0.2) is 29.2 Å². The molecule has 2 aliphatic carbocycles. The molecule has 1 N–H and O–H groups in total. The Balaban J connectivity index is 1.65. The Labute approximate surface area is 138 Å². The Bertz CT molecular complexity index is 700. The number of nitrogens with one attached hydrogen (secondary N) is 1. The van der Waals surface area contributed by atoms with Crippen molar-refractivity contribution >= 4 is 21.6 Å². The van der Waals surface area contributed by atoms with E-state index < -0.39 is 10.0 Å². The second-order valence-corrected chi connectivity index (χ2v) is 9.15. The number of nitrogens with zero attached hydrogens (tertiary/aromatic N) is 1. The predicted octanol–water partition coefficient (Wildman–Crippen LogP) is 2.70. The van der Waals surface area contributed by atoms with Gasteiger partial charge in [0, 0.05) is 26.2 Å². The van der Waals surface area contributed by atoms with Crippen molar-refractivity contribution in [2.45, 2.75) is 37.0 Å². The highest BCUT2D eigenvalue weighted by Gasteiger charge is 2.40. The van der Waals surface area contributed by atoms with Crippen molar-refractivity contribution < 1.29 is 13.2 Å². The number of carbonyl (C=O) groups is 1. The lowest BCUT2D eigenvalue weighted by atomic mass is 9.86. The van der Waals surface area contributed by atoms with Crippen molar-refractivity contribution in [2.24, 2.45) is 17.8 Å². The van der Waals surface area contributed by atoms with Gasteiger partial charge in [0.2, 0.25) is 15.9 Å². The molecule has 2 bridgehead atoms. The number of hydrogen-bond acceptors (Lipinski definition) is 3. The number of rotatable bonds is 5. The molecule has 23 heavy (non-hydrogen) atoms. The monoisotopic (exact) mass is 336 g/mol. The van der Waals surface area contributed by atoms with Crippen LogP contribution >= 0.6 is 0 Å². The minimum absolute atomic E-state index is 0.0121. The minimum Gasteiger partial charge on any atom is -0.326 e. The van der Waals surface area contributed by atoms with Crippen molar-refractivity contribution in [3.8, 4) is 0 Å². The van der Waals surface area contributed by atoms with Crippen molar-refractivity contribution in [3.05, 3.63) is 24.3 Å². The van der Waals surface area contributed by atoms with Crippen LogP contribution in [0.1, 0.15) is 32.1 Å². The summed E-state index contributed by atoms with van der Waals surface area (Å²) < 4.78 is 25.5. The number of fused-ring (bicyclic) bond motifs is 2. The molecule has 126 valence electrons. The van der Waals surface area contributed by atoms with Crippen LogP contribution in [-0.4, -0.2) is 32.7 Å². The van der Waals surface area contributed by atoms with Gasteiger partial charge in [0.15, 0.2) is 0 Å². The summed E-state index contributed by atoms with van der Waals surface area (Å²) in [6, 6.07) is 6.45. The van der Waals surface area contributed by atoms with Crippen LogP contribution in [0.4, 0.5) is 5.69 Å². The number of benzene rings is 1. The summed E-state index contributed by atoms with van der Waals surface area (Å²) in [7, 11) is -0.491. The van der Waals surface area contributed by atoms with Crippen LogP contribution in [0.2, 0.25) is 0 Å². The molecule has 0 spiro atoms. The van der Waals surface area contributed by atoms with E-state index in [0.717, 1.165) is 5.92 Å².